The molecule has 0 atom stereocenters. The lowest BCUT2D eigenvalue weighted by atomic mass is 10.3. The number of nitrogens with zero attached hydrogens (tertiary/aromatic N) is 3. The van der Waals surface area contributed by atoms with Crippen LogP contribution in [0.2, 0.25) is 0 Å². The molecule has 1 aromatic carbocycles. The molecule has 0 bridgehead atoms. The van der Waals surface area contributed by atoms with Gasteiger partial charge in [-0.1, -0.05) is 24.3 Å². The van der Waals surface area contributed by atoms with Crippen molar-refractivity contribution in [3.8, 4) is 0 Å². The SMILES string of the molecule is C=CCN(CC=C)C(=O)Cn1c(=O)n(C)c2ccccc21. The van der Waals surface area contributed by atoms with Crippen LogP contribution in [0.3, 0.4) is 0 Å². The fourth-order valence-corrected chi connectivity index (χ4v) is 2.34. The average Bonchev–Trinajstić information content (AvgIpc) is 2.72. The number of carbonyl (C=O) groups excluding carboxylic acids is 1. The van der Waals surface area contributed by atoms with Crippen LogP contribution in [-0.2, 0) is 18.4 Å². The average molecular weight is 285 g/mol. The minimum Gasteiger partial charge on any atom is -0.334 e. The number of amides is 1. The molecule has 0 N–H and O–H groups in total. The van der Waals surface area contributed by atoms with Crippen LogP contribution in [0.1, 0.15) is 0 Å². The number of hydrogen-bond acceptors (Lipinski definition) is 2. The van der Waals surface area contributed by atoms with Crippen molar-refractivity contribution >= 4 is 16.9 Å². The molecule has 0 aliphatic rings. The van der Waals surface area contributed by atoms with E-state index in [-0.39, 0.29) is 18.1 Å². The van der Waals surface area contributed by atoms with Crippen LogP contribution < -0.4 is 5.69 Å². The number of fused-ring (bicyclic) bond motifs is 1. The number of imidazole rings is 1. The van der Waals surface area contributed by atoms with Crippen molar-refractivity contribution in [2.45, 2.75) is 6.54 Å². The van der Waals surface area contributed by atoms with Crippen molar-refractivity contribution in [1.82, 2.24) is 14.0 Å². The van der Waals surface area contributed by atoms with E-state index < -0.39 is 0 Å². The summed E-state index contributed by atoms with van der Waals surface area (Å²) in [6.07, 6.45) is 3.32. The second-order valence-electron chi connectivity index (χ2n) is 4.79. The van der Waals surface area contributed by atoms with Crippen molar-refractivity contribution in [2.24, 2.45) is 7.05 Å². The van der Waals surface area contributed by atoms with E-state index in [0.717, 1.165) is 11.0 Å². The van der Waals surface area contributed by atoms with Crippen LogP contribution in [0.5, 0.6) is 0 Å². The Bertz CT molecular complexity index is 730. The van der Waals surface area contributed by atoms with E-state index >= 15 is 0 Å². The topological polar surface area (TPSA) is 47.2 Å². The Morgan fingerprint density at radius 1 is 1.19 bits per heavy atom. The van der Waals surface area contributed by atoms with E-state index in [0.29, 0.717) is 13.1 Å². The molecule has 0 radical (unpaired) electrons. The van der Waals surface area contributed by atoms with E-state index in [4.69, 9.17) is 0 Å². The third-order valence-corrected chi connectivity index (χ3v) is 3.40. The molecule has 2 rings (SSSR count). The van der Waals surface area contributed by atoms with Crippen LogP contribution in [-0.4, -0.2) is 33.0 Å². The molecule has 21 heavy (non-hydrogen) atoms. The Hall–Kier alpha value is -2.56. The number of carbonyl (C=O) groups is 1. The van der Waals surface area contributed by atoms with Crippen molar-refractivity contribution < 1.29 is 4.79 Å². The number of aromatic nitrogens is 2. The highest BCUT2D eigenvalue weighted by Crippen LogP contribution is 2.11. The number of para-hydroxylation sites is 2. The highest BCUT2D eigenvalue weighted by atomic mass is 16.2. The van der Waals surface area contributed by atoms with Gasteiger partial charge in [-0.15, -0.1) is 13.2 Å². The van der Waals surface area contributed by atoms with Crippen LogP contribution in [0.15, 0.2) is 54.4 Å². The molecule has 0 fully saturated rings. The Kier molecular flexibility index (Phi) is 4.42. The van der Waals surface area contributed by atoms with Gasteiger partial charge in [0.2, 0.25) is 5.91 Å². The van der Waals surface area contributed by atoms with Gasteiger partial charge in [0.1, 0.15) is 6.54 Å². The van der Waals surface area contributed by atoms with Crippen LogP contribution in [0.25, 0.3) is 11.0 Å². The summed E-state index contributed by atoms with van der Waals surface area (Å²) in [5.74, 6) is -0.131. The summed E-state index contributed by atoms with van der Waals surface area (Å²) in [5, 5.41) is 0. The van der Waals surface area contributed by atoms with Gasteiger partial charge in [-0.05, 0) is 12.1 Å². The minimum atomic E-state index is -0.193. The Morgan fingerprint density at radius 2 is 1.76 bits per heavy atom. The standard InChI is InChI=1S/C16H19N3O2/c1-4-10-18(11-5-2)15(20)12-19-14-9-7-6-8-13(14)17(3)16(19)21/h4-9H,1-2,10-12H2,3H3. The summed E-state index contributed by atoms with van der Waals surface area (Å²) in [6.45, 7) is 8.17. The summed E-state index contributed by atoms with van der Waals surface area (Å²) < 4.78 is 3.05. The van der Waals surface area contributed by atoms with Gasteiger partial charge < -0.3 is 4.90 Å². The Balaban J connectivity index is 2.37. The second kappa shape index (κ2) is 6.26. The van der Waals surface area contributed by atoms with Crippen LogP contribution in [0, 0.1) is 0 Å². The fraction of sp³-hybridized carbons (Fsp3) is 0.250. The van der Waals surface area contributed by atoms with Crippen molar-refractivity contribution in [3.63, 3.8) is 0 Å². The molecule has 110 valence electrons. The van der Waals surface area contributed by atoms with Crippen molar-refractivity contribution in [2.75, 3.05) is 13.1 Å². The van der Waals surface area contributed by atoms with Gasteiger partial charge in [-0.3, -0.25) is 13.9 Å². The molecule has 1 amide bonds. The van der Waals surface area contributed by atoms with Crippen LogP contribution >= 0.6 is 0 Å². The van der Waals surface area contributed by atoms with Gasteiger partial charge in [0, 0.05) is 20.1 Å². The summed E-state index contributed by atoms with van der Waals surface area (Å²) in [5.41, 5.74) is 1.38. The van der Waals surface area contributed by atoms with Gasteiger partial charge in [-0.25, -0.2) is 4.79 Å². The molecule has 0 aliphatic heterocycles. The summed E-state index contributed by atoms with van der Waals surface area (Å²) >= 11 is 0. The van der Waals surface area contributed by atoms with E-state index in [9.17, 15) is 9.59 Å². The quantitative estimate of drug-likeness (QED) is 0.756. The zero-order chi connectivity index (χ0) is 15.4. The summed E-state index contributed by atoms with van der Waals surface area (Å²) in [4.78, 5) is 26.2. The lowest BCUT2D eigenvalue weighted by Crippen LogP contribution is -2.36. The van der Waals surface area contributed by atoms with Crippen molar-refractivity contribution in [3.05, 3.63) is 60.1 Å². The molecule has 0 saturated heterocycles. The second-order valence-corrected chi connectivity index (χ2v) is 4.79. The van der Waals surface area contributed by atoms with E-state index in [1.165, 1.54) is 4.57 Å². The highest BCUT2D eigenvalue weighted by Gasteiger charge is 2.16. The molecule has 5 nitrogen and oxygen atoms in total. The zero-order valence-corrected chi connectivity index (χ0v) is 12.2. The number of rotatable bonds is 6. The normalized spacial score (nSPS) is 10.5. The smallest absolute Gasteiger partial charge is 0.329 e. The van der Waals surface area contributed by atoms with Gasteiger partial charge in [0.05, 0.1) is 11.0 Å². The minimum absolute atomic E-state index is 0.0157. The van der Waals surface area contributed by atoms with Gasteiger partial charge in [0.15, 0.2) is 0 Å². The van der Waals surface area contributed by atoms with Gasteiger partial charge in [0.25, 0.3) is 0 Å². The lowest BCUT2D eigenvalue weighted by Gasteiger charge is -2.19. The fourth-order valence-electron chi connectivity index (χ4n) is 2.34. The monoisotopic (exact) mass is 285 g/mol. The number of aryl methyl sites for hydroxylation is 1. The predicted molar refractivity (Wildman–Crippen MR) is 84.2 cm³/mol. The zero-order valence-electron chi connectivity index (χ0n) is 12.2. The molecule has 0 aliphatic carbocycles. The molecule has 0 saturated carbocycles. The maximum Gasteiger partial charge on any atom is 0.329 e. The largest absolute Gasteiger partial charge is 0.334 e. The first-order chi connectivity index (χ1) is 10.1. The Morgan fingerprint density at radius 3 is 2.33 bits per heavy atom. The van der Waals surface area contributed by atoms with Gasteiger partial charge in [-0.2, -0.15) is 0 Å². The molecule has 0 spiro atoms. The molecule has 5 heteroatoms. The number of benzene rings is 1. The molecular weight excluding hydrogens is 266 g/mol. The molecule has 1 heterocycles. The van der Waals surface area contributed by atoms with E-state index in [2.05, 4.69) is 13.2 Å². The molecular formula is C16H19N3O2. The molecule has 1 aromatic heterocycles. The first-order valence-electron chi connectivity index (χ1n) is 6.74. The molecule has 2 aromatic rings. The first kappa shape index (κ1) is 14.8. The third-order valence-electron chi connectivity index (χ3n) is 3.40. The first-order valence-corrected chi connectivity index (χ1v) is 6.74. The van der Waals surface area contributed by atoms with Gasteiger partial charge >= 0.3 is 5.69 Å². The molecule has 0 unspecified atom stereocenters. The Labute approximate surface area is 123 Å². The number of hydrogen-bond donors (Lipinski definition) is 0. The van der Waals surface area contributed by atoms with E-state index in [1.54, 1.807) is 28.7 Å². The predicted octanol–water partition coefficient (Wildman–Crippen LogP) is 1.54. The van der Waals surface area contributed by atoms with Crippen LogP contribution in [0.4, 0.5) is 0 Å². The van der Waals surface area contributed by atoms with E-state index in [1.807, 2.05) is 24.3 Å². The van der Waals surface area contributed by atoms with Crippen molar-refractivity contribution in [1.29, 1.82) is 0 Å². The maximum absolute atomic E-state index is 12.4. The summed E-state index contributed by atoms with van der Waals surface area (Å²) in [7, 11) is 1.71. The maximum atomic E-state index is 12.4. The lowest BCUT2D eigenvalue weighted by molar-refractivity contribution is -0.130. The summed E-state index contributed by atoms with van der Waals surface area (Å²) in [6, 6.07) is 7.43. The highest BCUT2D eigenvalue weighted by molar-refractivity contribution is 5.81. The third kappa shape index (κ3) is 2.81.